The number of aromatic amines is 1. The predicted molar refractivity (Wildman–Crippen MR) is 91.3 cm³/mol. The fraction of sp³-hybridized carbons (Fsp3) is 0.0588. The SMILES string of the molecule is COc1cc(-c2nnc(N)nc2-c2ccc(F)cc2)cc2cn[nH]c12. The number of H-pyrrole nitrogens is 1. The van der Waals surface area contributed by atoms with E-state index in [0.717, 1.165) is 16.5 Å². The molecule has 0 aliphatic rings. The van der Waals surface area contributed by atoms with E-state index < -0.39 is 0 Å². The monoisotopic (exact) mass is 336 g/mol. The van der Waals surface area contributed by atoms with Gasteiger partial charge < -0.3 is 10.5 Å². The number of fused-ring (bicyclic) bond motifs is 1. The molecule has 2 aromatic carbocycles. The number of aromatic nitrogens is 5. The van der Waals surface area contributed by atoms with Crippen molar-refractivity contribution in [2.45, 2.75) is 0 Å². The molecule has 2 heterocycles. The van der Waals surface area contributed by atoms with Crippen molar-refractivity contribution in [3.05, 3.63) is 48.4 Å². The maximum absolute atomic E-state index is 13.2. The average molecular weight is 336 g/mol. The summed E-state index contributed by atoms with van der Waals surface area (Å²) in [4.78, 5) is 4.29. The lowest BCUT2D eigenvalue weighted by Crippen LogP contribution is -2.02. The van der Waals surface area contributed by atoms with Gasteiger partial charge in [0.25, 0.3) is 0 Å². The van der Waals surface area contributed by atoms with Crippen molar-refractivity contribution in [1.29, 1.82) is 0 Å². The van der Waals surface area contributed by atoms with Crippen LogP contribution in [-0.4, -0.2) is 32.5 Å². The molecule has 0 spiro atoms. The number of nitrogens with two attached hydrogens (primary N) is 1. The Bertz CT molecular complexity index is 1060. The zero-order valence-corrected chi connectivity index (χ0v) is 13.2. The van der Waals surface area contributed by atoms with Crippen molar-refractivity contribution in [3.8, 4) is 28.3 Å². The molecule has 0 bridgehead atoms. The molecule has 4 rings (SSSR count). The number of benzene rings is 2. The topological polar surface area (TPSA) is 103 Å². The summed E-state index contributed by atoms with van der Waals surface area (Å²) < 4.78 is 18.7. The molecule has 0 amide bonds. The first-order chi connectivity index (χ1) is 12.2. The molecule has 0 radical (unpaired) electrons. The minimum Gasteiger partial charge on any atom is -0.494 e. The van der Waals surface area contributed by atoms with Crippen molar-refractivity contribution in [1.82, 2.24) is 25.4 Å². The molecule has 4 aromatic rings. The smallest absolute Gasteiger partial charge is 0.240 e. The Labute approximate surface area is 141 Å². The number of ether oxygens (including phenoxy) is 1. The number of anilines is 1. The highest BCUT2D eigenvalue weighted by Crippen LogP contribution is 2.34. The highest BCUT2D eigenvalue weighted by molar-refractivity contribution is 5.91. The van der Waals surface area contributed by atoms with Crippen molar-refractivity contribution >= 4 is 16.9 Å². The van der Waals surface area contributed by atoms with Gasteiger partial charge in [-0.05, 0) is 36.4 Å². The number of hydrogen-bond donors (Lipinski definition) is 2. The first kappa shape index (κ1) is 15.0. The second-order valence-electron chi connectivity index (χ2n) is 5.39. The van der Waals surface area contributed by atoms with Crippen LogP contribution in [-0.2, 0) is 0 Å². The van der Waals surface area contributed by atoms with Crippen LogP contribution in [0.5, 0.6) is 5.75 Å². The maximum atomic E-state index is 13.2. The van der Waals surface area contributed by atoms with E-state index in [4.69, 9.17) is 10.5 Å². The quantitative estimate of drug-likeness (QED) is 0.596. The second kappa shape index (κ2) is 5.82. The summed E-state index contributed by atoms with van der Waals surface area (Å²) in [6.07, 6.45) is 1.69. The Morgan fingerprint density at radius 2 is 1.84 bits per heavy atom. The van der Waals surface area contributed by atoms with Gasteiger partial charge in [-0.3, -0.25) is 5.10 Å². The molecule has 0 saturated heterocycles. The molecule has 0 atom stereocenters. The Balaban J connectivity index is 1.95. The molecule has 0 aliphatic carbocycles. The van der Waals surface area contributed by atoms with Gasteiger partial charge >= 0.3 is 0 Å². The molecular weight excluding hydrogens is 323 g/mol. The van der Waals surface area contributed by atoms with E-state index in [9.17, 15) is 4.39 Å². The third kappa shape index (κ3) is 2.63. The number of rotatable bonds is 3. The zero-order valence-electron chi connectivity index (χ0n) is 13.2. The van der Waals surface area contributed by atoms with E-state index >= 15 is 0 Å². The molecule has 0 unspecified atom stereocenters. The predicted octanol–water partition coefficient (Wildman–Crippen LogP) is 2.81. The summed E-state index contributed by atoms with van der Waals surface area (Å²) in [5, 5.41) is 15.8. The first-order valence-electron chi connectivity index (χ1n) is 7.43. The standard InChI is InChI=1S/C17H13FN6O/c1-25-13-7-10(6-11-8-20-22-14(11)13)16-15(21-17(19)24-23-16)9-2-4-12(18)5-3-9/h2-8H,1H3,(H,20,22)(H2,19,21,24). The largest absolute Gasteiger partial charge is 0.494 e. The van der Waals surface area contributed by atoms with Crippen LogP contribution in [0, 0.1) is 5.82 Å². The maximum Gasteiger partial charge on any atom is 0.240 e. The fourth-order valence-electron chi connectivity index (χ4n) is 2.66. The van der Waals surface area contributed by atoms with Gasteiger partial charge in [-0.2, -0.15) is 5.10 Å². The molecule has 25 heavy (non-hydrogen) atoms. The van der Waals surface area contributed by atoms with Crippen LogP contribution < -0.4 is 10.5 Å². The Morgan fingerprint density at radius 3 is 2.60 bits per heavy atom. The highest BCUT2D eigenvalue weighted by atomic mass is 19.1. The molecule has 124 valence electrons. The van der Waals surface area contributed by atoms with E-state index in [1.54, 1.807) is 25.4 Å². The molecule has 3 N–H and O–H groups in total. The minimum atomic E-state index is -0.332. The summed E-state index contributed by atoms with van der Waals surface area (Å²) in [5.74, 6) is 0.329. The van der Waals surface area contributed by atoms with Gasteiger partial charge in [-0.1, -0.05) is 0 Å². The van der Waals surface area contributed by atoms with E-state index in [1.165, 1.54) is 12.1 Å². The van der Waals surface area contributed by atoms with Gasteiger partial charge in [0, 0.05) is 16.5 Å². The summed E-state index contributed by atoms with van der Waals surface area (Å²) in [6.45, 7) is 0. The molecule has 2 aromatic heterocycles. The summed E-state index contributed by atoms with van der Waals surface area (Å²) in [7, 11) is 1.58. The van der Waals surface area contributed by atoms with Crippen LogP contribution in [0.3, 0.4) is 0 Å². The first-order valence-corrected chi connectivity index (χ1v) is 7.43. The van der Waals surface area contributed by atoms with E-state index in [2.05, 4.69) is 25.4 Å². The minimum absolute atomic E-state index is 0.0411. The van der Waals surface area contributed by atoms with E-state index in [-0.39, 0.29) is 11.8 Å². The molecule has 8 heteroatoms. The zero-order chi connectivity index (χ0) is 17.4. The van der Waals surface area contributed by atoms with Crippen LogP contribution in [0.4, 0.5) is 10.3 Å². The number of nitrogens with zero attached hydrogens (tertiary/aromatic N) is 4. The van der Waals surface area contributed by atoms with Crippen molar-refractivity contribution in [2.75, 3.05) is 12.8 Å². The third-order valence-electron chi connectivity index (χ3n) is 3.83. The average Bonchev–Trinajstić information content (AvgIpc) is 3.10. The fourth-order valence-corrected chi connectivity index (χ4v) is 2.66. The van der Waals surface area contributed by atoms with Crippen molar-refractivity contribution in [2.24, 2.45) is 0 Å². The Hall–Kier alpha value is -3.55. The van der Waals surface area contributed by atoms with Crippen LogP contribution >= 0.6 is 0 Å². The molecule has 0 saturated carbocycles. The summed E-state index contributed by atoms with van der Waals surface area (Å²) >= 11 is 0. The summed E-state index contributed by atoms with van der Waals surface area (Å²) in [5.41, 5.74) is 8.94. The van der Waals surface area contributed by atoms with Gasteiger partial charge in [-0.25, -0.2) is 9.37 Å². The van der Waals surface area contributed by atoms with Gasteiger partial charge in [0.05, 0.1) is 13.3 Å². The lowest BCUT2D eigenvalue weighted by atomic mass is 10.0. The lowest BCUT2D eigenvalue weighted by Gasteiger charge is -2.10. The van der Waals surface area contributed by atoms with Gasteiger partial charge in [0.15, 0.2) is 0 Å². The number of methoxy groups -OCH3 is 1. The van der Waals surface area contributed by atoms with Gasteiger partial charge in [0.1, 0.15) is 28.5 Å². The molecular formula is C17H13FN6O. The van der Waals surface area contributed by atoms with E-state index in [1.807, 2.05) is 12.1 Å². The molecule has 0 fully saturated rings. The lowest BCUT2D eigenvalue weighted by molar-refractivity contribution is 0.419. The van der Waals surface area contributed by atoms with E-state index in [0.29, 0.717) is 22.7 Å². The number of nitrogens with one attached hydrogen (secondary N) is 1. The number of nitrogen functional groups attached to an aromatic ring is 1. The molecule has 0 aliphatic heterocycles. The number of hydrogen-bond acceptors (Lipinski definition) is 6. The van der Waals surface area contributed by atoms with Crippen LogP contribution in [0.15, 0.2) is 42.6 Å². The Kier molecular flexibility index (Phi) is 3.50. The highest BCUT2D eigenvalue weighted by Gasteiger charge is 2.16. The van der Waals surface area contributed by atoms with Crippen LogP contribution in [0.25, 0.3) is 33.4 Å². The van der Waals surface area contributed by atoms with Crippen LogP contribution in [0.2, 0.25) is 0 Å². The molecule has 7 nitrogen and oxygen atoms in total. The normalized spacial score (nSPS) is 11.0. The van der Waals surface area contributed by atoms with Crippen molar-refractivity contribution < 1.29 is 9.13 Å². The third-order valence-corrected chi connectivity index (χ3v) is 3.83. The van der Waals surface area contributed by atoms with Gasteiger partial charge in [-0.15, -0.1) is 10.2 Å². The number of halogens is 1. The Morgan fingerprint density at radius 1 is 1.04 bits per heavy atom. The van der Waals surface area contributed by atoms with Crippen molar-refractivity contribution in [3.63, 3.8) is 0 Å². The van der Waals surface area contributed by atoms with Crippen LogP contribution in [0.1, 0.15) is 0 Å². The second-order valence-corrected chi connectivity index (χ2v) is 5.39. The van der Waals surface area contributed by atoms with Gasteiger partial charge in [0.2, 0.25) is 5.95 Å². The summed E-state index contributed by atoms with van der Waals surface area (Å²) in [6, 6.07) is 9.67.